The lowest BCUT2D eigenvalue weighted by molar-refractivity contribution is 0.0949. The van der Waals surface area contributed by atoms with E-state index in [1.54, 1.807) is 30.5 Å². The second kappa shape index (κ2) is 8.89. The van der Waals surface area contributed by atoms with Crippen molar-refractivity contribution in [3.05, 3.63) is 83.9 Å². The first-order valence-corrected chi connectivity index (χ1v) is 8.86. The lowest BCUT2D eigenvalue weighted by Gasteiger charge is -2.21. The summed E-state index contributed by atoms with van der Waals surface area (Å²) in [6, 6.07) is 17.9. The second-order valence-corrected chi connectivity index (χ2v) is 5.92. The van der Waals surface area contributed by atoms with E-state index < -0.39 is 0 Å². The van der Waals surface area contributed by atoms with Crippen molar-refractivity contribution in [2.24, 2.45) is 0 Å². The van der Waals surface area contributed by atoms with Crippen LogP contribution < -0.4 is 10.2 Å². The maximum atomic E-state index is 13.6. The van der Waals surface area contributed by atoms with Crippen molar-refractivity contribution in [3.63, 3.8) is 0 Å². The summed E-state index contributed by atoms with van der Waals surface area (Å²) in [4.78, 5) is 23.0. The fourth-order valence-electron chi connectivity index (χ4n) is 2.75. The van der Waals surface area contributed by atoms with Crippen LogP contribution in [0.5, 0.6) is 0 Å². The van der Waals surface area contributed by atoms with Gasteiger partial charge in [0.2, 0.25) is 5.95 Å². The van der Waals surface area contributed by atoms with E-state index in [1.807, 2.05) is 42.2 Å². The minimum atomic E-state index is -0.306. The summed E-state index contributed by atoms with van der Waals surface area (Å²) in [5.41, 5.74) is 1.81. The molecule has 3 aromatic rings. The zero-order valence-corrected chi connectivity index (χ0v) is 15.1. The molecule has 2 aromatic carbocycles. The molecule has 6 heteroatoms. The monoisotopic (exact) mass is 364 g/mol. The molecular weight excluding hydrogens is 343 g/mol. The number of rotatable bonds is 7. The van der Waals surface area contributed by atoms with Crippen LogP contribution in [-0.4, -0.2) is 29.0 Å². The summed E-state index contributed by atoms with van der Waals surface area (Å²) in [6.07, 6.45) is 1.99. The molecule has 138 valence electrons. The summed E-state index contributed by atoms with van der Waals surface area (Å²) >= 11 is 0. The van der Waals surface area contributed by atoms with Gasteiger partial charge in [0.1, 0.15) is 11.5 Å². The highest BCUT2D eigenvalue weighted by Gasteiger charge is 2.14. The Balaban J connectivity index is 1.67. The topological polar surface area (TPSA) is 58.1 Å². The Kier molecular flexibility index (Phi) is 6.10. The number of para-hydroxylation sites is 1. The zero-order valence-electron chi connectivity index (χ0n) is 15.1. The summed E-state index contributed by atoms with van der Waals surface area (Å²) in [5, 5.41) is 2.78. The van der Waals surface area contributed by atoms with Crippen molar-refractivity contribution in [1.82, 2.24) is 15.3 Å². The van der Waals surface area contributed by atoms with Gasteiger partial charge < -0.3 is 10.2 Å². The minimum Gasteiger partial charge on any atom is -0.350 e. The summed E-state index contributed by atoms with van der Waals surface area (Å²) < 4.78 is 13.6. The first-order chi connectivity index (χ1) is 13.2. The Labute approximate surface area is 157 Å². The van der Waals surface area contributed by atoms with Crippen molar-refractivity contribution in [1.29, 1.82) is 0 Å². The molecule has 0 radical (unpaired) electrons. The van der Waals surface area contributed by atoms with Gasteiger partial charge in [-0.2, -0.15) is 0 Å². The minimum absolute atomic E-state index is 0.266. The SMILES string of the molecule is CCN(c1ccccc1)c1nccc(C(=O)NCCc2ccccc2F)n1. The van der Waals surface area contributed by atoms with Gasteiger partial charge in [-0.25, -0.2) is 14.4 Å². The van der Waals surface area contributed by atoms with E-state index in [0.29, 0.717) is 31.0 Å². The van der Waals surface area contributed by atoms with Crippen molar-refractivity contribution >= 4 is 17.5 Å². The molecule has 0 bridgehead atoms. The van der Waals surface area contributed by atoms with Crippen molar-refractivity contribution < 1.29 is 9.18 Å². The lowest BCUT2D eigenvalue weighted by Crippen LogP contribution is -2.28. The first-order valence-electron chi connectivity index (χ1n) is 8.86. The van der Waals surface area contributed by atoms with Gasteiger partial charge in [0.25, 0.3) is 5.91 Å². The van der Waals surface area contributed by atoms with Gasteiger partial charge in [-0.3, -0.25) is 4.79 Å². The average molecular weight is 364 g/mol. The molecule has 0 aliphatic carbocycles. The van der Waals surface area contributed by atoms with E-state index in [4.69, 9.17) is 0 Å². The highest BCUT2D eigenvalue weighted by Crippen LogP contribution is 2.21. The van der Waals surface area contributed by atoms with Crippen LogP contribution in [0.3, 0.4) is 0 Å². The number of aromatic nitrogens is 2. The van der Waals surface area contributed by atoms with E-state index >= 15 is 0 Å². The maximum Gasteiger partial charge on any atom is 0.270 e. The van der Waals surface area contributed by atoms with E-state index in [-0.39, 0.29) is 17.4 Å². The molecule has 1 N–H and O–H groups in total. The average Bonchev–Trinajstić information content (AvgIpc) is 2.71. The number of carbonyl (C=O) groups excluding carboxylic acids is 1. The number of amides is 1. The van der Waals surface area contributed by atoms with E-state index in [0.717, 1.165) is 5.69 Å². The normalized spacial score (nSPS) is 10.4. The summed E-state index contributed by atoms with van der Waals surface area (Å²) in [5.74, 6) is -0.109. The van der Waals surface area contributed by atoms with Crippen molar-refractivity contribution in [2.45, 2.75) is 13.3 Å². The van der Waals surface area contributed by atoms with Gasteiger partial charge in [-0.15, -0.1) is 0 Å². The van der Waals surface area contributed by atoms with Gasteiger partial charge in [-0.1, -0.05) is 36.4 Å². The molecule has 0 spiro atoms. The van der Waals surface area contributed by atoms with Crippen LogP contribution in [-0.2, 0) is 6.42 Å². The molecule has 1 heterocycles. The maximum absolute atomic E-state index is 13.6. The lowest BCUT2D eigenvalue weighted by atomic mass is 10.1. The molecule has 3 rings (SSSR count). The molecule has 5 nitrogen and oxygen atoms in total. The van der Waals surface area contributed by atoms with Crippen LogP contribution in [0.15, 0.2) is 66.9 Å². The molecule has 0 fully saturated rings. The highest BCUT2D eigenvalue weighted by atomic mass is 19.1. The predicted octanol–water partition coefficient (Wildman–Crippen LogP) is 3.75. The summed E-state index contributed by atoms with van der Waals surface area (Å²) in [7, 11) is 0. The number of halogens is 1. The molecule has 0 aliphatic rings. The number of hydrogen-bond acceptors (Lipinski definition) is 4. The third-order valence-corrected chi connectivity index (χ3v) is 4.14. The Morgan fingerprint density at radius 2 is 1.81 bits per heavy atom. The largest absolute Gasteiger partial charge is 0.350 e. The van der Waals surface area contributed by atoms with Crippen LogP contribution in [0.25, 0.3) is 0 Å². The Morgan fingerprint density at radius 3 is 2.56 bits per heavy atom. The van der Waals surface area contributed by atoms with Gasteiger partial charge in [0.05, 0.1) is 0 Å². The first kappa shape index (κ1) is 18.5. The van der Waals surface area contributed by atoms with Crippen molar-refractivity contribution in [2.75, 3.05) is 18.0 Å². The molecule has 0 unspecified atom stereocenters. The fourth-order valence-corrected chi connectivity index (χ4v) is 2.75. The van der Waals surface area contributed by atoms with Crippen molar-refractivity contribution in [3.8, 4) is 0 Å². The van der Waals surface area contributed by atoms with Crippen LogP contribution in [0.4, 0.5) is 16.0 Å². The van der Waals surface area contributed by atoms with Crippen LogP contribution >= 0.6 is 0 Å². The standard InChI is InChI=1S/C21H21FN4O/c1-2-26(17-9-4-3-5-10-17)21-24-15-13-19(25-21)20(27)23-14-12-16-8-6-7-11-18(16)22/h3-11,13,15H,2,12,14H2,1H3,(H,23,27). The molecule has 1 aromatic heterocycles. The number of nitrogens with one attached hydrogen (secondary N) is 1. The third-order valence-electron chi connectivity index (χ3n) is 4.14. The van der Waals surface area contributed by atoms with Gasteiger partial charge in [0, 0.05) is 25.0 Å². The highest BCUT2D eigenvalue weighted by molar-refractivity contribution is 5.92. The quantitative estimate of drug-likeness (QED) is 0.694. The van der Waals surface area contributed by atoms with Gasteiger partial charge in [0.15, 0.2) is 0 Å². The molecular formula is C21H21FN4O. The van der Waals surface area contributed by atoms with Gasteiger partial charge >= 0.3 is 0 Å². The van der Waals surface area contributed by atoms with E-state index in [1.165, 1.54) is 6.07 Å². The number of hydrogen-bond donors (Lipinski definition) is 1. The summed E-state index contributed by atoms with van der Waals surface area (Å²) in [6.45, 7) is 3.00. The third kappa shape index (κ3) is 4.67. The van der Waals surface area contributed by atoms with Crippen LogP contribution in [0.2, 0.25) is 0 Å². The van der Waals surface area contributed by atoms with E-state index in [2.05, 4.69) is 15.3 Å². The number of carbonyl (C=O) groups is 1. The molecule has 0 atom stereocenters. The Bertz CT molecular complexity index is 901. The molecule has 1 amide bonds. The fraction of sp³-hybridized carbons (Fsp3) is 0.190. The zero-order chi connectivity index (χ0) is 19.1. The van der Waals surface area contributed by atoms with Crippen LogP contribution in [0.1, 0.15) is 23.0 Å². The molecule has 0 saturated heterocycles. The predicted molar refractivity (Wildman–Crippen MR) is 104 cm³/mol. The van der Waals surface area contributed by atoms with Gasteiger partial charge in [-0.05, 0) is 43.2 Å². The molecule has 0 aliphatic heterocycles. The Morgan fingerprint density at radius 1 is 1.07 bits per heavy atom. The second-order valence-electron chi connectivity index (χ2n) is 5.92. The number of benzene rings is 2. The Hall–Kier alpha value is -3.28. The van der Waals surface area contributed by atoms with Crippen LogP contribution in [0, 0.1) is 5.82 Å². The smallest absolute Gasteiger partial charge is 0.270 e. The number of nitrogens with zero attached hydrogens (tertiary/aromatic N) is 3. The van der Waals surface area contributed by atoms with E-state index in [9.17, 15) is 9.18 Å². The molecule has 0 saturated carbocycles. The number of anilines is 2. The molecule has 27 heavy (non-hydrogen) atoms.